The summed E-state index contributed by atoms with van der Waals surface area (Å²) >= 11 is 0. The fraction of sp³-hybridized carbons (Fsp3) is 0.250. The molecule has 1 amide bonds. The van der Waals surface area contributed by atoms with Crippen LogP contribution in [0.1, 0.15) is 19.4 Å². The van der Waals surface area contributed by atoms with Crippen molar-refractivity contribution in [2.45, 2.75) is 20.3 Å². The number of hydrogen-bond donors (Lipinski definition) is 1. The van der Waals surface area contributed by atoms with Crippen LogP contribution < -0.4 is 14.8 Å². The van der Waals surface area contributed by atoms with Crippen molar-refractivity contribution in [2.75, 3.05) is 18.5 Å². The molecule has 0 aliphatic rings. The van der Waals surface area contributed by atoms with E-state index in [1.165, 1.54) is 5.56 Å². The number of rotatable bonds is 8. The van der Waals surface area contributed by atoms with E-state index >= 15 is 0 Å². The lowest BCUT2D eigenvalue weighted by atomic mass is 10.2. The summed E-state index contributed by atoms with van der Waals surface area (Å²) in [5.74, 6) is 1.17. The van der Waals surface area contributed by atoms with Crippen molar-refractivity contribution >= 4 is 11.6 Å². The number of nitrogens with one attached hydrogen (secondary N) is 1. The Morgan fingerprint density at radius 1 is 1.04 bits per heavy atom. The second-order valence-corrected chi connectivity index (χ2v) is 5.61. The average Bonchev–Trinajstić information content (AvgIpc) is 2.59. The van der Waals surface area contributed by atoms with E-state index in [2.05, 4.69) is 18.8 Å². The van der Waals surface area contributed by atoms with Gasteiger partial charge in [-0.2, -0.15) is 0 Å². The Morgan fingerprint density at radius 3 is 2.42 bits per heavy atom. The maximum Gasteiger partial charge on any atom is 0.262 e. The molecule has 0 heterocycles. The van der Waals surface area contributed by atoms with Gasteiger partial charge in [0, 0.05) is 11.8 Å². The number of anilines is 1. The molecule has 4 heteroatoms. The molecule has 0 aromatic heterocycles. The molecule has 0 radical (unpaired) electrons. The smallest absolute Gasteiger partial charge is 0.262 e. The first-order valence-corrected chi connectivity index (χ1v) is 7.95. The Labute approximate surface area is 143 Å². The molecule has 0 bridgehead atoms. The van der Waals surface area contributed by atoms with Crippen LogP contribution in [-0.2, 0) is 11.2 Å². The third-order valence-electron chi connectivity index (χ3n) is 3.28. The topological polar surface area (TPSA) is 47.6 Å². The molecular formula is C20H23NO3. The van der Waals surface area contributed by atoms with Crippen molar-refractivity contribution in [3.8, 4) is 11.5 Å². The van der Waals surface area contributed by atoms with Crippen LogP contribution in [0.2, 0.25) is 0 Å². The van der Waals surface area contributed by atoms with E-state index < -0.39 is 0 Å². The lowest BCUT2D eigenvalue weighted by Crippen LogP contribution is -2.20. The summed E-state index contributed by atoms with van der Waals surface area (Å²) in [6, 6.07) is 15.0. The zero-order valence-electron chi connectivity index (χ0n) is 14.2. The molecule has 0 spiro atoms. The minimum absolute atomic E-state index is 0.0377. The number of carbonyl (C=O) groups is 1. The van der Waals surface area contributed by atoms with E-state index in [0.29, 0.717) is 23.8 Å². The zero-order chi connectivity index (χ0) is 17.4. The Balaban J connectivity index is 1.87. The van der Waals surface area contributed by atoms with Gasteiger partial charge in [-0.3, -0.25) is 4.79 Å². The number of benzene rings is 2. The van der Waals surface area contributed by atoms with Crippen LogP contribution in [0, 0.1) is 0 Å². The van der Waals surface area contributed by atoms with Crippen LogP contribution in [0.15, 0.2) is 60.7 Å². The first kappa shape index (κ1) is 17.6. The van der Waals surface area contributed by atoms with E-state index in [0.717, 1.165) is 12.0 Å². The molecule has 0 aliphatic heterocycles. The Hall–Kier alpha value is -2.75. The zero-order valence-corrected chi connectivity index (χ0v) is 14.2. The summed E-state index contributed by atoms with van der Waals surface area (Å²) in [5, 5.41) is 2.80. The summed E-state index contributed by atoms with van der Waals surface area (Å²) in [7, 11) is 0. The second-order valence-electron chi connectivity index (χ2n) is 5.61. The average molecular weight is 325 g/mol. The monoisotopic (exact) mass is 325 g/mol. The van der Waals surface area contributed by atoms with E-state index in [1.54, 1.807) is 6.07 Å². The third kappa shape index (κ3) is 5.80. The molecule has 2 aromatic carbocycles. The molecule has 0 aliphatic carbocycles. The largest absolute Gasteiger partial charge is 0.489 e. The van der Waals surface area contributed by atoms with Crippen LogP contribution in [-0.4, -0.2) is 19.1 Å². The highest BCUT2D eigenvalue weighted by Gasteiger charge is 2.05. The standard InChI is InChI=1S/C20H23NO3/c1-4-16-7-5-9-18(11-16)24-14-20(22)21-17-8-6-10-19(12-17)23-13-15(2)3/h5-12H,2,4,13-14H2,1,3H3,(H,21,22). The van der Waals surface area contributed by atoms with Gasteiger partial charge in [0.2, 0.25) is 0 Å². The molecule has 2 aromatic rings. The first-order valence-electron chi connectivity index (χ1n) is 7.95. The quantitative estimate of drug-likeness (QED) is 0.739. The van der Waals surface area contributed by atoms with Crippen LogP contribution in [0.3, 0.4) is 0 Å². The molecule has 2 rings (SSSR count). The van der Waals surface area contributed by atoms with Gasteiger partial charge >= 0.3 is 0 Å². The Bertz CT molecular complexity index is 710. The van der Waals surface area contributed by atoms with Gasteiger partial charge in [0.05, 0.1) is 0 Å². The van der Waals surface area contributed by atoms with Crippen molar-refractivity contribution in [1.82, 2.24) is 0 Å². The van der Waals surface area contributed by atoms with Gasteiger partial charge in [-0.1, -0.05) is 31.7 Å². The minimum Gasteiger partial charge on any atom is -0.489 e. The molecule has 0 saturated heterocycles. The minimum atomic E-state index is -0.214. The van der Waals surface area contributed by atoms with E-state index in [4.69, 9.17) is 9.47 Å². The van der Waals surface area contributed by atoms with Crippen molar-refractivity contribution < 1.29 is 14.3 Å². The molecule has 4 nitrogen and oxygen atoms in total. The van der Waals surface area contributed by atoms with Gasteiger partial charge in [-0.15, -0.1) is 0 Å². The van der Waals surface area contributed by atoms with Crippen LogP contribution >= 0.6 is 0 Å². The molecule has 0 atom stereocenters. The van der Waals surface area contributed by atoms with E-state index in [-0.39, 0.29) is 12.5 Å². The van der Waals surface area contributed by atoms with Crippen molar-refractivity contribution in [3.63, 3.8) is 0 Å². The van der Waals surface area contributed by atoms with E-state index in [9.17, 15) is 4.79 Å². The van der Waals surface area contributed by atoms with Crippen molar-refractivity contribution in [1.29, 1.82) is 0 Å². The molecule has 24 heavy (non-hydrogen) atoms. The molecule has 0 fully saturated rings. The highest BCUT2D eigenvalue weighted by Crippen LogP contribution is 2.18. The lowest BCUT2D eigenvalue weighted by molar-refractivity contribution is -0.118. The first-order chi connectivity index (χ1) is 11.6. The van der Waals surface area contributed by atoms with Crippen molar-refractivity contribution in [2.24, 2.45) is 0 Å². The highest BCUT2D eigenvalue weighted by molar-refractivity contribution is 5.92. The summed E-state index contributed by atoms with van der Waals surface area (Å²) in [4.78, 5) is 12.0. The van der Waals surface area contributed by atoms with Gasteiger partial charge in [-0.05, 0) is 48.7 Å². The number of ether oxygens (including phenoxy) is 2. The summed E-state index contributed by atoms with van der Waals surface area (Å²) in [6.07, 6.45) is 0.931. The van der Waals surface area contributed by atoms with Crippen molar-refractivity contribution in [3.05, 3.63) is 66.2 Å². The Morgan fingerprint density at radius 2 is 1.71 bits per heavy atom. The highest BCUT2D eigenvalue weighted by atomic mass is 16.5. The SMILES string of the molecule is C=C(C)COc1cccc(NC(=O)COc2cccc(CC)c2)c1. The molecule has 126 valence electrons. The summed E-state index contributed by atoms with van der Waals surface area (Å²) in [5.41, 5.74) is 2.78. The Kier molecular flexibility index (Phi) is 6.43. The van der Waals surface area contributed by atoms with E-state index in [1.807, 2.05) is 49.4 Å². The maximum atomic E-state index is 12.0. The number of carbonyl (C=O) groups excluding carboxylic acids is 1. The lowest BCUT2D eigenvalue weighted by Gasteiger charge is -2.10. The van der Waals surface area contributed by atoms with Crippen LogP contribution in [0.5, 0.6) is 11.5 Å². The number of hydrogen-bond acceptors (Lipinski definition) is 3. The van der Waals surface area contributed by atoms with Gasteiger partial charge in [0.25, 0.3) is 5.91 Å². The fourth-order valence-electron chi connectivity index (χ4n) is 2.07. The predicted octanol–water partition coefficient (Wildman–Crippen LogP) is 4.22. The summed E-state index contributed by atoms with van der Waals surface area (Å²) in [6.45, 7) is 8.19. The fourth-order valence-corrected chi connectivity index (χ4v) is 2.07. The van der Waals surface area contributed by atoms with Crippen LogP contribution in [0.4, 0.5) is 5.69 Å². The number of aryl methyl sites for hydroxylation is 1. The second kappa shape index (κ2) is 8.77. The number of amides is 1. The van der Waals surface area contributed by atoms with Crippen LogP contribution in [0.25, 0.3) is 0 Å². The molecule has 1 N–H and O–H groups in total. The third-order valence-corrected chi connectivity index (χ3v) is 3.28. The normalized spacial score (nSPS) is 10.1. The van der Waals surface area contributed by atoms with Gasteiger partial charge in [0.1, 0.15) is 18.1 Å². The molecule has 0 unspecified atom stereocenters. The van der Waals surface area contributed by atoms with Gasteiger partial charge < -0.3 is 14.8 Å². The molecule has 0 saturated carbocycles. The molecular weight excluding hydrogens is 302 g/mol. The maximum absolute atomic E-state index is 12.0. The van der Waals surface area contributed by atoms with Gasteiger partial charge in [0.15, 0.2) is 6.61 Å². The predicted molar refractivity (Wildman–Crippen MR) is 96.7 cm³/mol. The summed E-state index contributed by atoms with van der Waals surface area (Å²) < 4.78 is 11.1. The van der Waals surface area contributed by atoms with Gasteiger partial charge in [-0.25, -0.2) is 0 Å².